The standard InChI is InChI=1S/C18H46N2O25P6.3C7H19NO8P2/c1-19-11-17(13-21)14-44-50(31,32)41-9-7-39-48(27,28)37-5-3-35-47(25,26)36-4-6-38-49(29,30)40-8-10-42-51(33,34)45-16-18(12-20-2)15-43-46(22,23)24;3*1-3-14-18(12,13)16-6-7(4-8-2)5-15-17(9,10)11/h17-21H,3-16H2,1-2H3,(H,25,26)(H,27,28)(H,29,30)(H,31,32)(H,33,34)(H2,22,23,24);3*7-8H,3-6H2,1-2H3,(H,12,13)(H2,9,10,11)/p-12. The lowest BCUT2D eigenvalue weighted by Gasteiger charge is -2.28. The van der Waals surface area contributed by atoms with E-state index in [9.17, 15) is 114 Å². The minimum atomic E-state index is -5.15. The topological polar surface area (TPSA) is 827 Å². The van der Waals surface area contributed by atoms with Crippen LogP contribution in [0.5, 0.6) is 0 Å². The Kier molecular flexibility index (Phi) is 63.0. The van der Waals surface area contributed by atoms with Crippen molar-refractivity contribution in [2.45, 2.75) is 20.8 Å². The van der Waals surface area contributed by atoms with Crippen molar-refractivity contribution in [2.75, 3.05) is 207 Å². The maximum atomic E-state index is 11.8. The van der Waals surface area contributed by atoms with Gasteiger partial charge in [0.05, 0.1) is 132 Å². The van der Waals surface area contributed by atoms with Gasteiger partial charge >= 0.3 is 0 Å². The summed E-state index contributed by atoms with van der Waals surface area (Å²) in [5.41, 5.74) is 0. The predicted molar refractivity (Wildman–Crippen MR) is 330 cm³/mol. The summed E-state index contributed by atoms with van der Waals surface area (Å²) in [6.07, 6.45) is 0. The monoisotopic (exact) mass is 1790 g/mol. The molecule has 0 spiro atoms. The Morgan fingerprint density at radius 2 is 0.371 bits per heavy atom. The predicted octanol–water partition coefficient (Wildman–Crippen LogP) is -7.90. The number of aliphatic hydroxyl groups is 1. The lowest BCUT2D eigenvalue weighted by Crippen LogP contribution is -2.28. The largest absolute Gasteiger partial charge is 0.756 e. The van der Waals surface area contributed by atoms with E-state index < -0.39 is 216 Å². The molecule has 0 aliphatic heterocycles. The first-order valence-corrected chi connectivity index (χ1v) is 47.1. The lowest BCUT2D eigenvalue weighted by atomic mass is 10.2. The first-order chi connectivity index (χ1) is 48.1. The van der Waals surface area contributed by atoms with Gasteiger partial charge in [-0.25, -0.2) is 0 Å². The molecule has 0 aliphatic carbocycles. The maximum absolute atomic E-state index is 11.8. The number of hydrogen-bond donors (Lipinski definition) is 10. The van der Waals surface area contributed by atoms with E-state index in [2.05, 4.69) is 117 Å². The van der Waals surface area contributed by atoms with Gasteiger partial charge in [0.15, 0.2) is 0 Å². The van der Waals surface area contributed by atoms with Crippen LogP contribution in [0.2, 0.25) is 0 Å². The summed E-state index contributed by atoms with van der Waals surface area (Å²) in [4.78, 5) is 168. The molecule has 638 valence electrons. The van der Waals surface area contributed by atoms with Crippen molar-refractivity contribution in [1.29, 1.82) is 0 Å². The lowest BCUT2D eigenvalue weighted by molar-refractivity contribution is -0.238. The van der Waals surface area contributed by atoms with Crippen LogP contribution in [0.3, 0.4) is 0 Å². The number of phosphoric ester groups is 12. The Bertz CT molecular complexity index is 2730. The van der Waals surface area contributed by atoms with Gasteiger partial charge in [0.1, 0.15) is 0 Å². The SMILES string of the molecule is CCOP(=O)([O-])OCC(CNC)COP(=O)([O-])O.CCOP(=O)([O-])OCC(CNC)COP(=O)([O-])O.CCOP(=O)([O-])OCC(CNC)COP(=O)([O-])O.CNCC(CO)COP(=O)([O-])OCCOP(=O)([O-])OCCOP(=O)([O-])OCCOP(=O)([O-])OCCOP(=O)([O-])OCC(CNC)COP(=O)([O-])O. The van der Waals surface area contributed by atoms with Gasteiger partial charge in [0, 0.05) is 68.9 Å². The van der Waals surface area contributed by atoms with Crippen LogP contribution in [0.25, 0.3) is 0 Å². The van der Waals surface area contributed by atoms with Crippen molar-refractivity contribution in [2.24, 2.45) is 29.6 Å². The smallest absolute Gasteiger partial charge is 0.268 e. The molecule has 0 radical (unpaired) electrons. The zero-order valence-corrected chi connectivity index (χ0v) is 68.1. The Balaban J connectivity index is -0.000000764. The zero-order valence-electron chi connectivity index (χ0n) is 57.3. The second-order valence-corrected chi connectivity index (χ2v) is 35.4. The van der Waals surface area contributed by atoms with Gasteiger partial charge in [0.25, 0.3) is 93.9 Å². The highest BCUT2D eigenvalue weighted by Crippen LogP contribution is 2.46. The minimum Gasteiger partial charge on any atom is -0.756 e. The average Bonchev–Trinajstić information content (AvgIpc) is 0.915. The molecule has 17 unspecified atom stereocenters. The van der Waals surface area contributed by atoms with Crippen molar-refractivity contribution in [1.82, 2.24) is 26.6 Å². The minimum absolute atomic E-state index is 0.00562. The van der Waals surface area contributed by atoms with Crippen LogP contribution in [0.1, 0.15) is 20.8 Å². The van der Waals surface area contributed by atoms with Gasteiger partial charge < -0.3 is 200 Å². The first kappa shape index (κ1) is 112. The first-order valence-electron chi connectivity index (χ1n) is 29.4. The Morgan fingerprint density at radius 3 is 0.514 bits per heavy atom. The van der Waals surface area contributed by atoms with Crippen molar-refractivity contribution in [3.05, 3.63) is 0 Å². The molecule has 0 heterocycles. The second kappa shape index (κ2) is 58.8. The molecule has 0 saturated heterocycles. The van der Waals surface area contributed by atoms with E-state index >= 15 is 0 Å². The van der Waals surface area contributed by atoms with E-state index in [-0.39, 0.29) is 79.0 Å². The summed E-state index contributed by atoms with van der Waals surface area (Å²) >= 11 is 0. The molecule has 0 bridgehead atoms. The van der Waals surface area contributed by atoms with Crippen LogP contribution >= 0.6 is 93.9 Å². The molecular weight excluding hydrogens is 1690 g/mol. The quantitative estimate of drug-likeness (QED) is 0.0200. The third kappa shape index (κ3) is 77.4. The van der Waals surface area contributed by atoms with Gasteiger partial charge in [0.2, 0.25) is 0 Å². The van der Waals surface area contributed by atoms with Crippen LogP contribution in [0.15, 0.2) is 0 Å². The molecule has 0 saturated carbocycles. The molecular formula is C39H91N5O49P12-12. The Labute approximate surface area is 604 Å². The van der Waals surface area contributed by atoms with Crippen LogP contribution in [0.4, 0.5) is 0 Å². The molecule has 17 atom stereocenters. The summed E-state index contributed by atoms with van der Waals surface area (Å²) in [5, 5.41) is 22.5. The van der Waals surface area contributed by atoms with E-state index in [1.54, 1.807) is 28.2 Å². The molecule has 54 nitrogen and oxygen atoms in total. The van der Waals surface area contributed by atoms with E-state index in [4.69, 9.17) is 24.7 Å². The Hall–Kier alpha value is 1.08. The molecule has 0 aromatic carbocycles. The number of nitrogens with one attached hydrogen (secondary N) is 5. The number of hydrogen-bond acceptors (Lipinski definition) is 50. The summed E-state index contributed by atoms with van der Waals surface area (Å²) in [6, 6.07) is 0. The highest BCUT2D eigenvalue weighted by atomic mass is 31.2. The van der Waals surface area contributed by atoms with E-state index in [1.165, 1.54) is 27.8 Å². The van der Waals surface area contributed by atoms with Crippen molar-refractivity contribution in [3.8, 4) is 0 Å². The molecule has 0 aromatic rings. The third-order valence-corrected chi connectivity index (χ3v) is 20.1. The Morgan fingerprint density at radius 1 is 0.238 bits per heavy atom. The normalized spacial score (nSPS) is 20.3. The van der Waals surface area contributed by atoms with Crippen molar-refractivity contribution in [3.63, 3.8) is 0 Å². The molecule has 0 aliphatic rings. The van der Waals surface area contributed by atoms with Crippen LogP contribution in [0, 0.1) is 29.6 Å². The number of rotatable bonds is 64. The molecule has 0 amide bonds. The number of phosphoric acid groups is 12. The van der Waals surface area contributed by atoms with Gasteiger partial charge in [-0.05, 0) is 56.0 Å². The van der Waals surface area contributed by atoms with Gasteiger partial charge in [-0.1, -0.05) is 0 Å². The summed E-state index contributed by atoms with van der Waals surface area (Å²) < 4.78 is 221. The van der Waals surface area contributed by atoms with E-state index in [0.717, 1.165) is 0 Å². The summed E-state index contributed by atoms with van der Waals surface area (Å²) in [6.45, 7) is -6.14. The highest BCUT2D eigenvalue weighted by molar-refractivity contribution is 7.48. The molecule has 0 rings (SSSR count). The van der Waals surface area contributed by atoms with Gasteiger partial charge in [-0.2, -0.15) is 0 Å². The number of aliphatic hydroxyl groups excluding tert-OH is 1. The molecule has 0 aromatic heterocycles. The van der Waals surface area contributed by atoms with Crippen LogP contribution in [-0.4, -0.2) is 231 Å². The third-order valence-electron chi connectivity index (χ3n) is 10.1. The zero-order chi connectivity index (χ0) is 81.9. The highest BCUT2D eigenvalue weighted by Gasteiger charge is 2.23. The fraction of sp³-hybridized carbons (Fsp3) is 1.00. The molecule has 105 heavy (non-hydrogen) atoms. The molecule has 10 N–H and O–H groups in total. The van der Waals surface area contributed by atoms with Crippen LogP contribution < -0.4 is 85.3 Å². The van der Waals surface area contributed by atoms with Gasteiger partial charge in [-0.3, -0.25) is 54.8 Å². The van der Waals surface area contributed by atoms with Crippen molar-refractivity contribution < 1.29 is 229 Å². The van der Waals surface area contributed by atoms with E-state index in [1.807, 2.05) is 0 Å². The fourth-order valence-electron chi connectivity index (χ4n) is 6.03. The average molecular weight is 1790 g/mol. The fourth-order valence-corrected chi connectivity index (χ4v) is 13.5. The maximum Gasteiger partial charge on any atom is 0.268 e. The van der Waals surface area contributed by atoms with E-state index in [0.29, 0.717) is 0 Å². The molecule has 0 fully saturated rings. The second-order valence-electron chi connectivity index (χ2n) is 19.3. The molecule has 66 heteroatoms. The van der Waals surface area contributed by atoms with Gasteiger partial charge in [-0.15, -0.1) is 0 Å². The summed E-state index contributed by atoms with van der Waals surface area (Å²) in [5.74, 6) is -3.17. The van der Waals surface area contributed by atoms with Crippen LogP contribution in [-0.2, 0) is 145 Å². The summed E-state index contributed by atoms with van der Waals surface area (Å²) in [7, 11) is -50.2. The van der Waals surface area contributed by atoms with Crippen molar-refractivity contribution >= 4 is 93.9 Å².